The summed E-state index contributed by atoms with van der Waals surface area (Å²) in [7, 11) is 1.67. The van der Waals surface area contributed by atoms with E-state index in [1.54, 1.807) is 14.0 Å². The molecule has 0 radical (unpaired) electrons. The number of carbonyl (C=O) groups is 2. The van der Waals surface area contributed by atoms with Gasteiger partial charge in [0.05, 0.1) is 6.42 Å². The Balaban J connectivity index is 1.69. The van der Waals surface area contributed by atoms with Gasteiger partial charge in [-0.1, -0.05) is 66.7 Å². The van der Waals surface area contributed by atoms with Gasteiger partial charge in [-0.3, -0.25) is 9.59 Å². The second kappa shape index (κ2) is 7.83. The van der Waals surface area contributed by atoms with Crippen LogP contribution in [0.2, 0.25) is 0 Å². The van der Waals surface area contributed by atoms with E-state index >= 15 is 0 Å². The van der Waals surface area contributed by atoms with Gasteiger partial charge in [-0.05, 0) is 23.9 Å². The minimum absolute atomic E-state index is 0.0863. The highest BCUT2D eigenvalue weighted by atomic mass is 16.2. The average Bonchev–Trinajstić information content (AvgIpc) is 2.67. The lowest BCUT2D eigenvalue weighted by molar-refractivity contribution is -0.135. The van der Waals surface area contributed by atoms with Crippen LogP contribution in [0.15, 0.2) is 72.8 Å². The molecule has 0 aliphatic heterocycles. The molecule has 0 unspecified atom stereocenters. The third kappa shape index (κ3) is 3.91. The van der Waals surface area contributed by atoms with Crippen molar-refractivity contribution in [3.63, 3.8) is 0 Å². The van der Waals surface area contributed by atoms with E-state index < -0.39 is 6.04 Å². The smallest absolute Gasteiger partial charge is 0.246 e. The van der Waals surface area contributed by atoms with Crippen LogP contribution in [0.25, 0.3) is 10.8 Å². The molecule has 0 fully saturated rings. The molecule has 0 saturated carbocycles. The summed E-state index contributed by atoms with van der Waals surface area (Å²) in [5.74, 6) is -0.290. The molecule has 1 atom stereocenters. The Labute approximate surface area is 153 Å². The fourth-order valence-electron chi connectivity index (χ4n) is 2.86. The predicted octanol–water partition coefficient (Wildman–Crippen LogP) is 3.87. The van der Waals surface area contributed by atoms with Gasteiger partial charge in [-0.15, -0.1) is 0 Å². The van der Waals surface area contributed by atoms with E-state index in [9.17, 15) is 9.59 Å². The van der Waals surface area contributed by atoms with Gasteiger partial charge in [0.2, 0.25) is 11.8 Å². The third-order valence-electron chi connectivity index (χ3n) is 4.60. The summed E-state index contributed by atoms with van der Waals surface area (Å²) in [4.78, 5) is 26.6. The first-order valence-corrected chi connectivity index (χ1v) is 8.64. The number of hydrogen-bond acceptors (Lipinski definition) is 2. The van der Waals surface area contributed by atoms with E-state index in [4.69, 9.17) is 0 Å². The lowest BCUT2D eigenvalue weighted by Gasteiger charge is -2.24. The van der Waals surface area contributed by atoms with Crippen molar-refractivity contribution in [3.8, 4) is 0 Å². The highest BCUT2D eigenvalue weighted by Gasteiger charge is 2.22. The van der Waals surface area contributed by atoms with Gasteiger partial charge < -0.3 is 10.2 Å². The van der Waals surface area contributed by atoms with Crippen LogP contribution in [0.4, 0.5) is 5.69 Å². The molecule has 1 N–H and O–H groups in total. The number of hydrogen-bond donors (Lipinski definition) is 1. The normalized spacial score (nSPS) is 11.8. The fourth-order valence-corrected chi connectivity index (χ4v) is 2.86. The summed E-state index contributed by atoms with van der Waals surface area (Å²) in [6.45, 7) is 1.74. The van der Waals surface area contributed by atoms with Gasteiger partial charge in [-0.25, -0.2) is 0 Å². The van der Waals surface area contributed by atoms with Crippen LogP contribution in [0, 0.1) is 0 Å². The number of amides is 2. The lowest BCUT2D eigenvalue weighted by atomic mass is 10.1. The van der Waals surface area contributed by atoms with E-state index in [0.717, 1.165) is 22.0 Å². The Bertz CT molecular complexity index is 916. The summed E-state index contributed by atoms with van der Waals surface area (Å²) >= 11 is 0. The van der Waals surface area contributed by atoms with Crippen LogP contribution in [0.5, 0.6) is 0 Å². The molecule has 26 heavy (non-hydrogen) atoms. The third-order valence-corrected chi connectivity index (χ3v) is 4.60. The molecule has 0 aromatic heterocycles. The molecule has 3 aromatic rings. The van der Waals surface area contributed by atoms with E-state index in [0.29, 0.717) is 0 Å². The summed E-state index contributed by atoms with van der Waals surface area (Å²) < 4.78 is 0. The van der Waals surface area contributed by atoms with Crippen molar-refractivity contribution in [3.05, 3.63) is 78.4 Å². The molecule has 4 heteroatoms. The Morgan fingerprint density at radius 2 is 1.58 bits per heavy atom. The Morgan fingerprint density at radius 1 is 0.923 bits per heavy atom. The largest absolute Gasteiger partial charge is 0.334 e. The Kier molecular flexibility index (Phi) is 5.32. The molecular formula is C22H22N2O2. The summed E-state index contributed by atoms with van der Waals surface area (Å²) in [6.07, 6.45) is 0.281. The maximum absolute atomic E-state index is 12.6. The van der Waals surface area contributed by atoms with Crippen molar-refractivity contribution < 1.29 is 9.59 Å². The Hall–Kier alpha value is -3.14. The highest BCUT2D eigenvalue weighted by molar-refractivity contribution is 6.04. The topological polar surface area (TPSA) is 49.4 Å². The monoisotopic (exact) mass is 346 g/mol. The number of rotatable bonds is 5. The van der Waals surface area contributed by atoms with Crippen molar-refractivity contribution in [1.29, 1.82) is 0 Å². The maximum atomic E-state index is 12.6. The number of anilines is 1. The zero-order chi connectivity index (χ0) is 18.5. The number of likely N-dealkylation sites (N-methyl/N-ethyl adjacent to an activating group) is 1. The van der Waals surface area contributed by atoms with Crippen LogP contribution >= 0.6 is 0 Å². The minimum Gasteiger partial charge on any atom is -0.334 e. The van der Waals surface area contributed by atoms with E-state index in [2.05, 4.69) is 5.32 Å². The van der Waals surface area contributed by atoms with Crippen molar-refractivity contribution in [1.82, 2.24) is 4.90 Å². The SMILES string of the molecule is C[C@@H](C(=O)Nc1cccc2ccccc12)N(C)C(=O)Cc1ccccc1. The summed E-state index contributed by atoms with van der Waals surface area (Å²) in [6, 6.07) is 22.6. The molecule has 0 saturated heterocycles. The minimum atomic E-state index is -0.565. The van der Waals surface area contributed by atoms with Crippen molar-refractivity contribution in [2.75, 3.05) is 12.4 Å². The highest BCUT2D eigenvalue weighted by Crippen LogP contribution is 2.23. The zero-order valence-corrected chi connectivity index (χ0v) is 15.0. The fraction of sp³-hybridized carbons (Fsp3) is 0.182. The van der Waals surface area contributed by atoms with Crippen molar-refractivity contribution in [2.45, 2.75) is 19.4 Å². The van der Waals surface area contributed by atoms with Crippen LogP contribution in [-0.4, -0.2) is 29.8 Å². The molecule has 3 rings (SSSR count). The quantitative estimate of drug-likeness (QED) is 0.762. The van der Waals surface area contributed by atoms with Crippen LogP contribution in [0.3, 0.4) is 0 Å². The van der Waals surface area contributed by atoms with Crippen LogP contribution in [-0.2, 0) is 16.0 Å². The number of nitrogens with zero attached hydrogens (tertiary/aromatic N) is 1. The molecule has 4 nitrogen and oxygen atoms in total. The van der Waals surface area contributed by atoms with Gasteiger partial charge in [0.15, 0.2) is 0 Å². The standard InChI is InChI=1S/C22H22N2O2/c1-16(24(2)21(25)15-17-9-4-3-5-10-17)22(26)23-20-14-8-12-18-11-6-7-13-19(18)20/h3-14,16H,15H2,1-2H3,(H,23,26)/t16-/m0/s1. The van der Waals surface area contributed by atoms with E-state index in [-0.39, 0.29) is 18.2 Å². The predicted molar refractivity (Wildman–Crippen MR) is 105 cm³/mol. The molecule has 0 spiro atoms. The molecule has 3 aromatic carbocycles. The summed E-state index contributed by atoms with van der Waals surface area (Å²) in [5, 5.41) is 4.99. The second-order valence-electron chi connectivity index (χ2n) is 6.36. The first kappa shape index (κ1) is 17.7. The number of carbonyl (C=O) groups excluding carboxylic acids is 2. The number of fused-ring (bicyclic) bond motifs is 1. The van der Waals surface area contributed by atoms with Crippen molar-refractivity contribution in [2.24, 2.45) is 0 Å². The first-order valence-electron chi connectivity index (χ1n) is 8.64. The maximum Gasteiger partial charge on any atom is 0.246 e. The number of nitrogens with one attached hydrogen (secondary N) is 1. The van der Waals surface area contributed by atoms with Gasteiger partial charge in [-0.2, -0.15) is 0 Å². The molecular weight excluding hydrogens is 324 g/mol. The van der Waals surface area contributed by atoms with Gasteiger partial charge in [0.25, 0.3) is 0 Å². The molecule has 2 amide bonds. The number of benzene rings is 3. The molecule has 0 heterocycles. The molecule has 0 aliphatic carbocycles. The van der Waals surface area contributed by atoms with Crippen molar-refractivity contribution >= 4 is 28.3 Å². The average molecular weight is 346 g/mol. The summed E-state index contributed by atoms with van der Waals surface area (Å²) in [5.41, 5.74) is 1.69. The van der Waals surface area contributed by atoms with Gasteiger partial charge in [0.1, 0.15) is 6.04 Å². The Morgan fingerprint density at radius 3 is 2.35 bits per heavy atom. The molecule has 0 aliphatic rings. The van der Waals surface area contributed by atoms with E-state index in [1.165, 1.54) is 4.90 Å². The first-order chi connectivity index (χ1) is 12.6. The molecule has 132 valence electrons. The van der Waals surface area contributed by atoms with E-state index in [1.807, 2.05) is 72.8 Å². The van der Waals surface area contributed by atoms with Crippen LogP contribution < -0.4 is 5.32 Å². The van der Waals surface area contributed by atoms with Gasteiger partial charge >= 0.3 is 0 Å². The lowest BCUT2D eigenvalue weighted by Crippen LogP contribution is -2.43. The van der Waals surface area contributed by atoms with Gasteiger partial charge in [0, 0.05) is 18.1 Å². The van der Waals surface area contributed by atoms with Crippen LogP contribution in [0.1, 0.15) is 12.5 Å². The molecule has 0 bridgehead atoms. The second-order valence-corrected chi connectivity index (χ2v) is 6.36. The zero-order valence-electron chi connectivity index (χ0n) is 15.0.